The van der Waals surface area contributed by atoms with Crippen molar-refractivity contribution in [3.8, 4) is 5.75 Å². The Morgan fingerprint density at radius 2 is 1.66 bits per heavy atom. The third-order valence-electron chi connectivity index (χ3n) is 5.52. The van der Waals surface area contributed by atoms with Gasteiger partial charge >= 0.3 is 0 Å². The van der Waals surface area contributed by atoms with Crippen LogP contribution in [0.25, 0.3) is 0 Å². The number of carbonyl (C=O) groups is 1. The highest BCUT2D eigenvalue weighted by Crippen LogP contribution is 2.28. The normalized spacial score (nSPS) is 15.2. The molecule has 1 N–H and O–H groups in total. The van der Waals surface area contributed by atoms with E-state index in [0.29, 0.717) is 6.54 Å². The number of anilines is 1. The summed E-state index contributed by atoms with van der Waals surface area (Å²) in [5.41, 5.74) is 3.21. The Bertz CT molecular complexity index is 804. The van der Waals surface area contributed by atoms with Gasteiger partial charge in [-0.1, -0.05) is 45.0 Å². The third-order valence-corrected chi connectivity index (χ3v) is 5.52. The van der Waals surface area contributed by atoms with Gasteiger partial charge in [0.1, 0.15) is 5.75 Å². The van der Waals surface area contributed by atoms with E-state index < -0.39 is 0 Å². The molecule has 1 amide bonds. The summed E-state index contributed by atoms with van der Waals surface area (Å²) < 4.78 is 5.48. The van der Waals surface area contributed by atoms with E-state index in [2.05, 4.69) is 42.0 Å². The molecule has 1 heterocycles. The summed E-state index contributed by atoms with van der Waals surface area (Å²) in [6.45, 7) is 11.9. The first-order valence-corrected chi connectivity index (χ1v) is 10.4. The molecule has 3 rings (SSSR count). The lowest BCUT2D eigenvalue weighted by Gasteiger charge is -2.36. The third kappa shape index (κ3) is 5.51. The van der Waals surface area contributed by atoms with E-state index >= 15 is 0 Å². The van der Waals surface area contributed by atoms with Crippen molar-refractivity contribution in [1.29, 1.82) is 0 Å². The second kappa shape index (κ2) is 9.31. The lowest BCUT2D eigenvalue weighted by molar-refractivity contribution is 0.0947. The average Bonchev–Trinajstić information content (AvgIpc) is 2.73. The molecule has 29 heavy (non-hydrogen) atoms. The largest absolute Gasteiger partial charge is 0.495 e. The lowest BCUT2D eigenvalue weighted by Crippen LogP contribution is -2.48. The van der Waals surface area contributed by atoms with Crippen LogP contribution in [0, 0.1) is 0 Å². The maximum absolute atomic E-state index is 12.4. The number of nitrogens with one attached hydrogen (secondary N) is 1. The topological polar surface area (TPSA) is 44.8 Å². The van der Waals surface area contributed by atoms with Crippen molar-refractivity contribution < 1.29 is 9.53 Å². The number of hydrogen-bond donors (Lipinski definition) is 1. The van der Waals surface area contributed by atoms with Gasteiger partial charge < -0.3 is 15.0 Å². The van der Waals surface area contributed by atoms with Gasteiger partial charge in [0.2, 0.25) is 0 Å². The zero-order valence-electron chi connectivity index (χ0n) is 18.1. The van der Waals surface area contributed by atoms with Crippen LogP contribution in [-0.4, -0.2) is 57.2 Å². The van der Waals surface area contributed by atoms with Crippen LogP contribution in [0.1, 0.15) is 36.7 Å². The molecule has 2 aromatic rings. The zero-order valence-corrected chi connectivity index (χ0v) is 18.1. The molecule has 0 saturated carbocycles. The van der Waals surface area contributed by atoms with Gasteiger partial charge in [0, 0.05) is 44.8 Å². The second-order valence-corrected chi connectivity index (χ2v) is 8.58. The fraction of sp³-hybridized carbons (Fsp3) is 0.458. The van der Waals surface area contributed by atoms with Crippen molar-refractivity contribution in [2.75, 3.05) is 51.3 Å². The van der Waals surface area contributed by atoms with Crippen molar-refractivity contribution in [3.63, 3.8) is 0 Å². The van der Waals surface area contributed by atoms with Crippen LogP contribution in [0.5, 0.6) is 5.75 Å². The van der Waals surface area contributed by atoms with Crippen LogP contribution in [-0.2, 0) is 5.41 Å². The summed E-state index contributed by atoms with van der Waals surface area (Å²) in [6.07, 6.45) is 0. The highest BCUT2D eigenvalue weighted by molar-refractivity contribution is 5.94. The Labute approximate surface area is 174 Å². The molecular weight excluding hydrogens is 362 g/mol. The van der Waals surface area contributed by atoms with Gasteiger partial charge in [0.05, 0.1) is 12.8 Å². The van der Waals surface area contributed by atoms with E-state index in [9.17, 15) is 4.79 Å². The summed E-state index contributed by atoms with van der Waals surface area (Å²) >= 11 is 0. The summed E-state index contributed by atoms with van der Waals surface area (Å²) in [4.78, 5) is 17.2. The molecule has 0 radical (unpaired) electrons. The van der Waals surface area contributed by atoms with Crippen LogP contribution >= 0.6 is 0 Å². The summed E-state index contributed by atoms with van der Waals surface area (Å²) in [5, 5.41) is 3.05. The van der Waals surface area contributed by atoms with E-state index in [1.54, 1.807) is 7.11 Å². The summed E-state index contributed by atoms with van der Waals surface area (Å²) in [6, 6.07) is 16.1. The fourth-order valence-corrected chi connectivity index (χ4v) is 3.65. The fourth-order valence-electron chi connectivity index (χ4n) is 3.65. The highest BCUT2D eigenvalue weighted by Gasteiger charge is 2.19. The Hall–Kier alpha value is -2.53. The molecule has 0 atom stereocenters. The standard InChI is InChI=1S/C24H33N3O2/c1-24(2,3)20-11-9-19(10-12-20)23(28)25-13-14-26-15-17-27(18-16-26)21-7-5-6-8-22(21)29-4/h5-12H,13-18H2,1-4H3,(H,25,28). The summed E-state index contributed by atoms with van der Waals surface area (Å²) in [5.74, 6) is 0.920. The first-order chi connectivity index (χ1) is 13.9. The lowest BCUT2D eigenvalue weighted by atomic mass is 9.87. The summed E-state index contributed by atoms with van der Waals surface area (Å²) in [7, 11) is 1.72. The molecule has 156 valence electrons. The van der Waals surface area contributed by atoms with Crippen LogP contribution in [0.3, 0.4) is 0 Å². The van der Waals surface area contributed by atoms with Gasteiger partial charge in [-0.05, 0) is 35.2 Å². The molecular formula is C24H33N3O2. The van der Waals surface area contributed by atoms with Crippen molar-refractivity contribution >= 4 is 11.6 Å². The van der Waals surface area contributed by atoms with Gasteiger partial charge in [0.25, 0.3) is 5.91 Å². The van der Waals surface area contributed by atoms with E-state index in [0.717, 1.165) is 49.7 Å². The highest BCUT2D eigenvalue weighted by atomic mass is 16.5. The number of methoxy groups -OCH3 is 1. The molecule has 0 aliphatic carbocycles. The predicted octanol–water partition coefficient (Wildman–Crippen LogP) is 3.54. The quantitative estimate of drug-likeness (QED) is 0.813. The van der Waals surface area contributed by atoms with Gasteiger partial charge in [-0.3, -0.25) is 9.69 Å². The Balaban J connectivity index is 1.43. The van der Waals surface area contributed by atoms with Gasteiger partial charge in [-0.15, -0.1) is 0 Å². The molecule has 0 aromatic heterocycles. The monoisotopic (exact) mass is 395 g/mol. The first-order valence-electron chi connectivity index (χ1n) is 10.4. The number of benzene rings is 2. The van der Waals surface area contributed by atoms with Crippen molar-refractivity contribution in [2.45, 2.75) is 26.2 Å². The van der Waals surface area contributed by atoms with Gasteiger partial charge in [0.15, 0.2) is 0 Å². The van der Waals surface area contributed by atoms with Crippen molar-refractivity contribution in [3.05, 3.63) is 59.7 Å². The molecule has 1 fully saturated rings. The van der Waals surface area contributed by atoms with Crippen LogP contribution in [0.15, 0.2) is 48.5 Å². The number of amides is 1. The Kier molecular flexibility index (Phi) is 6.80. The molecule has 1 aliphatic rings. The molecule has 0 unspecified atom stereocenters. The number of hydrogen-bond acceptors (Lipinski definition) is 4. The molecule has 5 heteroatoms. The maximum Gasteiger partial charge on any atom is 0.251 e. The Morgan fingerprint density at radius 3 is 2.28 bits per heavy atom. The van der Waals surface area contributed by atoms with Crippen molar-refractivity contribution in [2.24, 2.45) is 0 Å². The SMILES string of the molecule is COc1ccccc1N1CCN(CCNC(=O)c2ccc(C(C)(C)C)cc2)CC1. The van der Waals surface area contributed by atoms with Crippen LogP contribution in [0.2, 0.25) is 0 Å². The average molecular weight is 396 g/mol. The van der Waals surface area contributed by atoms with E-state index in [4.69, 9.17) is 4.74 Å². The number of rotatable bonds is 6. The number of piperazine rings is 1. The van der Waals surface area contributed by atoms with E-state index in [1.165, 1.54) is 5.56 Å². The van der Waals surface area contributed by atoms with Crippen molar-refractivity contribution in [1.82, 2.24) is 10.2 Å². The minimum Gasteiger partial charge on any atom is -0.495 e. The smallest absolute Gasteiger partial charge is 0.251 e. The Morgan fingerprint density at radius 1 is 1.00 bits per heavy atom. The van der Waals surface area contributed by atoms with E-state index in [1.807, 2.05) is 42.5 Å². The first kappa shape index (κ1) is 21.2. The number of carbonyl (C=O) groups excluding carboxylic acids is 1. The molecule has 1 saturated heterocycles. The number of ether oxygens (including phenoxy) is 1. The molecule has 5 nitrogen and oxygen atoms in total. The molecule has 0 spiro atoms. The van der Waals surface area contributed by atoms with Gasteiger partial charge in [-0.2, -0.15) is 0 Å². The number of para-hydroxylation sites is 2. The maximum atomic E-state index is 12.4. The molecule has 1 aliphatic heterocycles. The van der Waals surface area contributed by atoms with E-state index in [-0.39, 0.29) is 11.3 Å². The minimum atomic E-state index is -0.00174. The predicted molar refractivity (Wildman–Crippen MR) is 119 cm³/mol. The molecule has 2 aromatic carbocycles. The number of nitrogens with zero attached hydrogens (tertiary/aromatic N) is 2. The van der Waals surface area contributed by atoms with Gasteiger partial charge in [-0.25, -0.2) is 0 Å². The van der Waals surface area contributed by atoms with Crippen LogP contribution in [0.4, 0.5) is 5.69 Å². The van der Waals surface area contributed by atoms with Crippen LogP contribution < -0.4 is 15.0 Å². The molecule has 0 bridgehead atoms. The second-order valence-electron chi connectivity index (χ2n) is 8.58. The zero-order chi connectivity index (χ0) is 20.9. The minimum absolute atomic E-state index is 0.00174.